The lowest BCUT2D eigenvalue weighted by atomic mass is 10.1. The molecule has 0 fully saturated rings. The van der Waals surface area contributed by atoms with Crippen molar-refractivity contribution >= 4 is 27.3 Å². The quantitative estimate of drug-likeness (QED) is 0.874. The number of hydrogen-bond donors (Lipinski definition) is 1. The molecule has 0 atom stereocenters. The molecule has 5 nitrogen and oxygen atoms in total. The molecule has 0 aliphatic rings. The lowest BCUT2D eigenvalue weighted by Gasteiger charge is -2.24. The van der Waals surface area contributed by atoms with Crippen molar-refractivity contribution in [3.05, 3.63) is 59.7 Å². The minimum absolute atomic E-state index is 0.260. The molecule has 0 saturated carbocycles. The zero-order valence-electron chi connectivity index (χ0n) is 14.1. The molecule has 0 spiro atoms. The molecule has 0 saturated heterocycles. The molecule has 2 aromatic carbocycles. The van der Waals surface area contributed by atoms with E-state index in [0.717, 1.165) is 21.7 Å². The Morgan fingerprint density at radius 3 is 2.46 bits per heavy atom. The van der Waals surface area contributed by atoms with Crippen LogP contribution in [0.1, 0.15) is 18.1 Å². The van der Waals surface area contributed by atoms with Crippen LogP contribution in [0, 0.1) is 6.92 Å². The van der Waals surface area contributed by atoms with E-state index in [2.05, 4.69) is 5.32 Å². The summed E-state index contributed by atoms with van der Waals surface area (Å²) in [5.74, 6) is -0.378. The van der Waals surface area contributed by atoms with Gasteiger partial charge in [-0.3, -0.25) is 9.10 Å². The molecule has 0 heterocycles. The summed E-state index contributed by atoms with van der Waals surface area (Å²) in [6, 6.07) is 14.6. The summed E-state index contributed by atoms with van der Waals surface area (Å²) >= 11 is 0. The standard InChI is InChI=1S/C18H22N2O3S/c1-4-15-9-5-6-11-17(15)20(24(3,22)23)13-18(21)19-16-10-7-8-14(2)12-16/h5-12H,4,13H2,1-3H3,(H,19,21). The van der Waals surface area contributed by atoms with Gasteiger partial charge < -0.3 is 5.32 Å². The number of anilines is 2. The lowest BCUT2D eigenvalue weighted by Crippen LogP contribution is -2.38. The second kappa shape index (κ2) is 7.49. The van der Waals surface area contributed by atoms with E-state index >= 15 is 0 Å². The minimum Gasteiger partial charge on any atom is -0.325 e. The Morgan fingerprint density at radius 2 is 1.83 bits per heavy atom. The summed E-state index contributed by atoms with van der Waals surface area (Å²) in [4.78, 5) is 12.3. The third kappa shape index (κ3) is 4.58. The van der Waals surface area contributed by atoms with Gasteiger partial charge in [0.25, 0.3) is 0 Å². The molecule has 0 unspecified atom stereocenters. The Labute approximate surface area is 143 Å². The molecule has 0 radical (unpaired) electrons. The molecule has 24 heavy (non-hydrogen) atoms. The molecule has 2 rings (SSSR count). The highest BCUT2D eigenvalue weighted by molar-refractivity contribution is 7.92. The highest BCUT2D eigenvalue weighted by Gasteiger charge is 2.22. The third-order valence-electron chi connectivity index (χ3n) is 3.63. The number of benzene rings is 2. The molecular formula is C18H22N2O3S. The normalized spacial score (nSPS) is 11.1. The van der Waals surface area contributed by atoms with Crippen LogP contribution in [0.25, 0.3) is 0 Å². The maximum Gasteiger partial charge on any atom is 0.245 e. The summed E-state index contributed by atoms with van der Waals surface area (Å²) in [6.07, 6.45) is 1.79. The van der Waals surface area contributed by atoms with Gasteiger partial charge in [-0.05, 0) is 42.7 Å². The van der Waals surface area contributed by atoms with Gasteiger partial charge in [-0.1, -0.05) is 37.3 Å². The minimum atomic E-state index is -3.57. The van der Waals surface area contributed by atoms with Crippen molar-refractivity contribution in [2.45, 2.75) is 20.3 Å². The predicted octanol–water partition coefficient (Wildman–Crippen LogP) is 2.96. The molecule has 6 heteroatoms. The Morgan fingerprint density at radius 1 is 1.12 bits per heavy atom. The zero-order chi connectivity index (χ0) is 17.7. The fourth-order valence-corrected chi connectivity index (χ4v) is 3.38. The molecular weight excluding hydrogens is 324 g/mol. The smallest absolute Gasteiger partial charge is 0.245 e. The Balaban J connectivity index is 2.25. The summed E-state index contributed by atoms with van der Waals surface area (Å²) in [5, 5.41) is 2.75. The first-order valence-corrected chi connectivity index (χ1v) is 9.58. The molecule has 0 aliphatic carbocycles. The van der Waals surface area contributed by atoms with E-state index in [1.165, 1.54) is 0 Å². The number of aryl methyl sites for hydroxylation is 2. The summed E-state index contributed by atoms with van der Waals surface area (Å²) < 4.78 is 25.5. The zero-order valence-corrected chi connectivity index (χ0v) is 14.9. The monoisotopic (exact) mass is 346 g/mol. The maximum atomic E-state index is 12.3. The first-order valence-electron chi connectivity index (χ1n) is 7.73. The van der Waals surface area contributed by atoms with Crippen molar-refractivity contribution in [1.29, 1.82) is 0 Å². The Kier molecular flexibility index (Phi) is 5.62. The summed E-state index contributed by atoms with van der Waals surface area (Å²) in [6.45, 7) is 3.62. The van der Waals surface area contributed by atoms with Gasteiger partial charge in [0.1, 0.15) is 6.54 Å². The number of nitrogens with zero attached hydrogens (tertiary/aromatic N) is 1. The molecule has 1 amide bonds. The molecule has 2 aromatic rings. The average molecular weight is 346 g/mol. The third-order valence-corrected chi connectivity index (χ3v) is 4.76. The van der Waals surface area contributed by atoms with Gasteiger partial charge in [-0.15, -0.1) is 0 Å². The summed E-state index contributed by atoms with van der Waals surface area (Å²) in [5.41, 5.74) is 3.09. The van der Waals surface area contributed by atoms with Crippen LogP contribution < -0.4 is 9.62 Å². The van der Waals surface area contributed by atoms with E-state index in [4.69, 9.17) is 0 Å². The van der Waals surface area contributed by atoms with Gasteiger partial charge >= 0.3 is 0 Å². The fraction of sp³-hybridized carbons (Fsp3) is 0.278. The van der Waals surface area contributed by atoms with Gasteiger partial charge in [-0.2, -0.15) is 0 Å². The van der Waals surface area contributed by atoms with Gasteiger partial charge in [0.15, 0.2) is 0 Å². The van der Waals surface area contributed by atoms with Gasteiger partial charge in [0.05, 0.1) is 11.9 Å². The number of sulfonamides is 1. The van der Waals surface area contributed by atoms with Crippen LogP contribution in [-0.4, -0.2) is 27.1 Å². The van der Waals surface area contributed by atoms with Crippen LogP contribution in [0.4, 0.5) is 11.4 Å². The van der Waals surface area contributed by atoms with Crippen molar-refractivity contribution < 1.29 is 13.2 Å². The van der Waals surface area contributed by atoms with Gasteiger partial charge in [0.2, 0.25) is 15.9 Å². The van der Waals surface area contributed by atoms with Crippen LogP contribution in [0.15, 0.2) is 48.5 Å². The van der Waals surface area contributed by atoms with Gasteiger partial charge in [0, 0.05) is 5.69 Å². The molecule has 1 N–H and O–H groups in total. The van der Waals surface area contributed by atoms with Crippen molar-refractivity contribution in [3.63, 3.8) is 0 Å². The number of para-hydroxylation sites is 1. The van der Waals surface area contributed by atoms with Crippen molar-refractivity contribution in [1.82, 2.24) is 0 Å². The molecule has 0 bridgehead atoms. The first kappa shape index (κ1) is 18.0. The largest absolute Gasteiger partial charge is 0.325 e. The van der Waals surface area contributed by atoms with E-state index in [0.29, 0.717) is 17.8 Å². The Hall–Kier alpha value is -2.34. The van der Waals surface area contributed by atoms with E-state index in [1.807, 2.05) is 44.2 Å². The van der Waals surface area contributed by atoms with Crippen LogP contribution in [0.2, 0.25) is 0 Å². The SMILES string of the molecule is CCc1ccccc1N(CC(=O)Nc1cccc(C)c1)S(C)(=O)=O. The number of hydrogen-bond acceptors (Lipinski definition) is 3. The topological polar surface area (TPSA) is 66.5 Å². The maximum absolute atomic E-state index is 12.3. The van der Waals surface area contributed by atoms with Crippen LogP contribution in [-0.2, 0) is 21.2 Å². The van der Waals surface area contributed by atoms with Crippen molar-refractivity contribution in [2.75, 3.05) is 22.4 Å². The highest BCUT2D eigenvalue weighted by Crippen LogP contribution is 2.23. The first-order chi connectivity index (χ1) is 11.3. The fourth-order valence-electron chi connectivity index (χ4n) is 2.49. The van der Waals surface area contributed by atoms with E-state index in [1.54, 1.807) is 18.2 Å². The number of amides is 1. The van der Waals surface area contributed by atoms with Crippen LogP contribution in [0.5, 0.6) is 0 Å². The highest BCUT2D eigenvalue weighted by atomic mass is 32.2. The number of carbonyl (C=O) groups is 1. The number of carbonyl (C=O) groups excluding carboxylic acids is 1. The second-order valence-corrected chi connectivity index (χ2v) is 7.58. The van der Waals surface area contributed by atoms with Crippen LogP contribution in [0.3, 0.4) is 0 Å². The number of rotatable bonds is 6. The van der Waals surface area contributed by atoms with Crippen LogP contribution >= 0.6 is 0 Å². The van der Waals surface area contributed by atoms with Gasteiger partial charge in [-0.25, -0.2) is 8.42 Å². The number of nitrogens with one attached hydrogen (secondary N) is 1. The predicted molar refractivity (Wildman–Crippen MR) is 97.8 cm³/mol. The van der Waals surface area contributed by atoms with E-state index < -0.39 is 10.0 Å². The molecule has 0 aromatic heterocycles. The van der Waals surface area contributed by atoms with Crippen molar-refractivity contribution in [2.24, 2.45) is 0 Å². The van der Waals surface area contributed by atoms with Crippen molar-refractivity contribution in [3.8, 4) is 0 Å². The summed E-state index contributed by atoms with van der Waals surface area (Å²) in [7, 11) is -3.57. The Bertz CT molecular complexity index is 832. The average Bonchev–Trinajstić information content (AvgIpc) is 2.51. The molecule has 128 valence electrons. The van der Waals surface area contributed by atoms with E-state index in [9.17, 15) is 13.2 Å². The lowest BCUT2D eigenvalue weighted by molar-refractivity contribution is -0.114. The molecule has 0 aliphatic heterocycles. The second-order valence-electron chi connectivity index (χ2n) is 5.67. The van der Waals surface area contributed by atoms with E-state index in [-0.39, 0.29) is 12.5 Å².